The summed E-state index contributed by atoms with van der Waals surface area (Å²) in [5, 5.41) is 15.9. The van der Waals surface area contributed by atoms with Gasteiger partial charge in [0.25, 0.3) is 5.91 Å². The van der Waals surface area contributed by atoms with Crippen LogP contribution in [0.1, 0.15) is 11.3 Å². The lowest BCUT2D eigenvalue weighted by atomic mass is 10.2. The molecule has 0 saturated carbocycles. The Morgan fingerprint density at radius 1 is 1.23 bits per heavy atom. The number of benzene rings is 1. The van der Waals surface area contributed by atoms with Crippen molar-refractivity contribution >= 4 is 52.4 Å². The van der Waals surface area contributed by atoms with Crippen molar-refractivity contribution in [3.8, 4) is 0 Å². The first-order chi connectivity index (χ1) is 12.5. The number of allylic oxidation sites excluding steroid dienone is 2. The van der Waals surface area contributed by atoms with Gasteiger partial charge in [-0.15, -0.1) is 0 Å². The normalized spacial score (nSPS) is 16.5. The van der Waals surface area contributed by atoms with E-state index < -0.39 is 4.92 Å². The van der Waals surface area contributed by atoms with E-state index >= 15 is 0 Å². The van der Waals surface area contributed by atoms with Gasteiger partial charge >= 0.3 is 5.88 Å². The van der Waals surface area contributed by atoms with Gasteiger partial charge in [0.2, 0.25) is 0 Å². The lowest BCUT2D eigenvalue weighted by Gasteiger charge is -2.05. The number of nitro groups is 1. The van der Waals surface area contributed by atoms with Gasteiger partial charge in [0, 0.05) is 0 Å². The predicted octanol–water partition coefficient (Wildman–Crippen LogP) is 3.98. The molecular formula is C17H11N3O4S2. The first-order valence-electron chi connectivity index (χ1n) is 7.32. The van der Waals surface area contributed by atoms with E-state index in [1.54, 1.807) is 18.4 Å². The van der Waals surface area contributed by atoms with Gasteiger partial charge in [-0.1, -0.05) is 48.2 Å². The van der Waals surface area contributed by atoms with Gasteiger partial charge in [-0.2, -0.15) is 10.1 Å². The van der Waals surface area contributed by atoms with E-state index in [1.165, 1.54) is 18.2 Å². The number of carbonyl (C=O) groups is 1. The molecular weight excluding hydrogens is 374 g/mol. The third kappa shape index (κ3) is 4.13. The lowest BCUT2D eigenvalue weighted by molar-refractivity contribution is -0.402. The number of amides is 1. The molecule has 130 valence electrons. The highest BCUT2D eigenvalue weighted by molar-refractivity contribution is 8.26. The zero-order chi connectivity index (χ0) is 18.5. The van der Waals surface area contributed by atoms with Crippen molar-refractivity contribution in [2.45, 2.75) is 0 Å². The van der Waals surface area contributed by atoms with Crippen molar-refractivity contribution in [3.05, 3.63) is 81.0 Å². The largest absolute Gasteiger partial charge is 0.433 e. The smallest absolute Gasteiger partial charge is 0.401 e. The van der Waals surface area contributed by atoms with E-state index in [9.17, 15) is 14.9 Å². The van der Waals surface area contributed by atoms with Crippen molar-refractivity contribution in [2.24, 2.45) is 5.10 Å². The molecule has 1 aromatic carbocycles. The Morgan fingerprint density at radius 3 is 2.69 bits per heavy atom. The van der Waals surface area contributed by atoms with Gasteiger partial charge in [0.1, 0.15) is 10.7 Å². The second-order valence-corrected chi connectivity index (χ2v) is 6.64. The molecule has 1 fully saturated rings. The van der Waals surface area contributed by atoms with Crippen LogP contribution in [-0.2, 0) is 4.79 Å². The fraction of sp³-hybridized carbons (Fsp3) is 0. The molecule has 26 heavy (non-hydrogen) atoms. The van der Waals surface area contributed by atoms with Crippen LogP contribution < -0.4 is 0 Å². The van der Waals surface area contributed by atoms with Crippen molar-refractivity contribution in [1.29, 1.82) is 0 Å². The number of hydrogen-bond donors (Lipinski definition) is 0. The van der Waals surface area contributed by atoms with Crippen LogP contribution in [-0.4, -0.2) is 26.4 Å². The van der Waals surface area contributed by atoms with Gasteiger partial charge in [-0.25, -0.2) is 0 Å². The SMILES string of the molecule is O=C1/C(=C\C=C\c2ccc([N+](=O)[O-])o2)SC(=S)N1/N=C/c1ccccc1. The molecule has 0 bridgehead atoms. The molecule has 1 amide bonds. The molecule has 1 aliphatic heterocycles. The van der Waals surface area contributed by atoms with Crippen LogP contribution >= 0.6 is 24.0 Å². The minimum atomic E-state index is -0.618. The van der Waals surface area contributed by atoms with Crippen LogP contribution in [0.2, 0.25) is 0 Å². The molecule has 0 unspecified atom stereocenters. The second kappa shape index (κ2) is 7.89. The third-order valence-electron chi connectivity index (χ3n) is 3.20. The highest BCUT2D eigenvalue weighted by Crippen LogP contribution is 2.31. The third-order valence-corrected chi connectivity index (χ3v) is 4.50. The monoisotopic (exact) mass is 385 g/mol. The molecule has 0 atom stereocenters. The summed E-state index contributed by atoms with van der Waals surface area (Å²) in [5.74, 6) is -0.362. The molecule has 0 spiro atoms. The van der Waals surface area contributed by atoms with Gasteiger partial charge in [0.05, 0.1) is 17.2 Å². The average molecular weight is 385 g/mol. The van der Waals surface area contributed by atoms with E-state index in [0.717, 1.165) is 22.3 Å². The van der Waals surface area contributed by atoms with Crippen LogP contribution in [0.3, 0.4) is 0 Å². The minimum Gasteiger partial charge on any atom is -0.401 e. The molecule has 9 heteroatoms. The molecule has 3 rings (SSSR count). The van der Waals surface area contributed by atoms with Crippen LogP contribution in [0.5, 0.6) is 0 Å². The molecule has 0 aliphatic carbocycles. The minimum absolute atomic E-state index is 0.311. The van der Waals surface area contributed by atoms with Crippen molar-refractivity contribution in [1.82, 2.24) is 5.01 Å². The predicted molar refractivity (Wildman–Crippen MR) is 104 cm³/mol. The fourth-order valence-corrected chi connectivity index (χ4v) is 3.12. The molecule has 1 aliphatic rings. The van der Waals surface area contributed by atoms with Crippen molar-refractivity contribution in [2.75, 3.05) is 0 Å². The zero-order valence-electron chi connectivity index (χ0n) is 13.1. The lowest BCUT2D eigenvalue weighted by Crippen LogP contribution is -2.22. The van der Waals surface area contributed by atoms with E-state index in [2.05, 4.69) is 5.10 Å². The zero-order valence-corrected chi connectivity index (χ0v) is 14.8. The second-order valence-electron chi connectivity index (χ2n) is 4.96. The maximum absolute atomic E-state index is 12.4. The topological polar surface area (TPSA) is 88.9 Å². The summed E-state index contributed by atoms with van der Waals surface area (Å²) in [6, 6.07) is 12.1. The summed E-state index contributed by atoms with van der Waals surface area (Å²) in [5.41, 5.74) is 0.852. The summed E-state index contributed by atoms with van der Waals surface area (Å²) < 4.78 is 5.33. The molecule has 1 aromatic heterocycles. The van der Waals surface area contributed by atoms with E-state index in [4.69, 9.17) is 16.6 Å². The number of hydrazone groups is 1. The maximum atomic E-state index is 12.4. The van der Waals surface area contributed by atoms with Gasteiger partial charge < -0.3 is 4.42 Å². The Bertz CT molecular complexity index is 948. The highest BCUT2D eigenvalue weighted by Gasteiger charge is 2.31. The number of nitrogens with zero attached hydrogens (tertiary/aromatic N) is 3. The summed E-state index contributed by atoms with van der Waals surface area (Å²) in [6.07, 6.45) is 6.21. The van der Waals surface area contributed by atoms with Crippen LogP contribution in [0, 0.1) is 10.1 Å². The van der Waals surface area contributed by atoms with Crippen LogP contribution in [0.25, 0.3) is 6.08 Å². The summed E-state index contributed by atoms with van der Waals surface area (Å²) in [7, 11) is 0. The summed E-state index contributed by atoms with van der Waals surface area (Å²) >= 11 is 6.31. The molecule has 2 aromatic rings. The number of hydrogen-bond acceptors (Lipinski definition) is 7. The Morgan fingerprint density at radius 2 is 2.00 bits per heavy atom. The quantitative estimate of drug-likeness (QED) is 0.254. The fourth-order valence-electron chi connectivity index (χ4n) is 2.00. The molecule has 0 radical (unpaired) electrons. The van der Waals surface area contributed by atoms with Crippen molar-refractivity contribution in [3.63, 3.8) is 0 Å². The number of thiocarbonyl (C=S) groups is 1. The summed E-state index contributed by atoms with van der Waals surface area (Å²) in [4.78, 5) is 22.7. The van der Waals surface area contributed by atoms with Gasteiger partial charge in [0.15, 0.2) is 4.32 Å². The molecule has 1 saturated heterocycles. The standard InChI is InChI=1S/C17H11N3O4S2/c21-16-14(8-4-7-13-9-10-15(24-13)20(22)23)26-17(25)19(16)18-11-12-5-2-1-3-6-12/h1-11H/b7-4+,14-8+,18-11+. The number of rotatable bonds is 5. The van der Waals surface area contributed by atoms with Crippen LogP contribution in [0.4, 0.5) is 5.88 Å². The Hall–Kier alpha value is -3.04. The molecule has 0 N–H and O–H groups in total. The number of thioether (sulfide) groups is 1. The van der Waals surface area contributed by atoms with E-state index in [-0.39, 0.29) is 11.8 Å². The van der Waals surface area contributed by atoms with Gasteiger partial charge in [-0.3, -0.25) is 14.9 Å². The average Bonchev–Trinajstić information content (AvgIpc) is 3.20. The Labute approximate surface area is 157 Å². The number of carbonyl (C=O) groups excluding carboxylic acids is 1. The Kier molecular flexibility index (Phi) is 5.40. The van der Waals surface area contributed by atoms with Gasteiger partial charge in [-0.05, 0) is 36.0 Å². The van der Waals surface area contributed by atoms with Crippen molar-refractivity contribution < 1.29 is 14.1 Å². The first kappa shape index (κ1) is 17.8. The number of furan rings is 1. The molecule has 7 nitrogen and oxygen atoms in total. The van der Waals surface area contributed by atoms with E-state index in [0.29, 0.717) is 15.0 Å². The molecule has 2 heterocycles. The van der Waals surface area contributed by atoms with Crippen LogP contribution in [0.15, 0.2) is 69.0 Å². The summed E-state index contributed by atoms with van der Waals surface area (Å²) in [6.45, 7) is 0. The van der Waals surface area contributed by atoms with E-state index in [1.807, 2.05) is 30.3 Å². The highest BCUT2D eigenvalue weighted by atomic mass is 32.2. The maximum Gasteiger partial charge on any atom is 0.433 e. The first-order valence-corrected chi connectivity index (χ1v) is 8.55. The Balaban J connectivity index is 1.69.